The Bertz CT molecular complexity index is 1170. The lowest BCUT2D eigenvalue weighted by Crippen LogP contribution is -2.30. The minimum absolute atomic E-state index is 0.0798. The number of ether oxygens (including phenoxy) is 3. The van der Waals surface area contributed by atoms with E-state index in [0.29, 0.717) is 19.3 Å². The Balaban J connectivity index is 4.38. The van der Waals surface area contributed by atoms with E-state index in [2.05, 4.69) is 69.4 Å². The van der Waals surface area contributed by atoms with Crippen molar-refractivity contribution in [2.45, 2.75) is 309 Å². The number of hydrogen-bond donors (Lipinski definition) is 0. The Morgan fingerprint density at radius 2 is 0.537 bits per heavy atom. The van der Waals surface area contributed by atoms with Crippen LogP contribution in [0.3, 0.4) is 0 Å². The Morgan fingerprint density at radius 3 is 0.866 bits per heavy atom. The molecule has 0 aliphatic rings. The third-order valence-corrected chi connectivity index (χ3v) is 12.8. The molecule has 0 unspecified atom stereocenters. The molecule has 0 saturated heterocycles. The van der Waals surface area contributed by atoms with E-state index in [-0.39, 0.29) is 31.1 Å². The average molecular weight is 940 g/mol. The zero-order valence-electron chi connectivity index (χ0n) is 44.7. The fraction of sp³-hybridized carbons (Fsp3) is 0.820. The molecule has 67 heavy (non-hydrogen) atoms. The Labute approximate surface area is 416 Å². The molecule has 0 rings (SSSR count). The number of allylic oxidation sites excluding steroid dienone is 8. The van der Waals surface area contributed by atoms with E-state index in [4.69, 9.17) is 14.2 Å². The first-order chi connectivity index (χ1) is 33.0. The summed E-state index contributed by atoms with van der Waals surface area (Å²) in [5.41, 5.74) is 0. The van der Waals surface area contributed by atoms with Gasteiger partial charge in [-0.3, -0.25) is 14.4 Å². The molecule has 0 aromatic heterocycles. The molecular formula is C61H110O6. The van der Waals surface area contributed by atoms with Gasteiger partial charge in [0.05, 0.1) is 0 Å². The second-order valence-corrected chi connectivity index (χ2v) is 19.5. The predicted octanol–water partition coefficient (Wildman–Crippen LogP) is 19.4. The number of carbonyl (C=O) groups is 3. The van der Waals surface area contributed by atoms with Crippen molar-refractivity contribution in [3.8, 4) is 0 Å². The highest BCUT2D eigenvalue weighted by molar-refractivity contribution is 5.71. The molecule has 0 aliphatic carbocycles. The Hall–Kier alpha value is -2.63. The summed E-state index contributed by atoms with van der Waals surface area (Å²) in [4.78, 5) is 38.2. The quantitative estimate of drug-likeness (QED) is 0.0262. The summed E-state index contributed by atoms with van der Waals surface area (Å²) in [7, 11) is 0. The summed E-state index contributed by atoms with van der Waals surface area (Å²) in [5, 5.41) is 0. The van der Waals surface area contributed by atoms with Crippen LogP contribution < -0.4 is 0 Å². The zero-order chi connectivity index (χ0) is 48.6. The van der Waals surface area contributed by atoms with E-state index in [1.54, 1.807) is 0 Å². The van der Waals surface area contributed by atoms with Crippen LogP contribution in [0.15, 0.2) is 48.6 Å². The summed E-state index contributed by atoms with van der Waals surface area (Å²) in [6, 6.07) is 0. The van der Waals surface area contributed by atoms with Gasteiger partial charge in [-0.2, -0.15) is 0 Å². The molecule has 1 atom stereocenters. The normalized spacial score (nSPS) is 12.3. The van der Waals surface area contributed by atoms with Crippen molar-refractivity contribution in [2.75, 3.05) is 13.2 Å². The van der Waals surface area contributed by atoms with Crippen molar-refractivity contribution in [2.24, 2.45) is 0 Å². The maximum atomic E-state index is 12.8. The van der Waals surface area contributed by atoms with E-state index < -0.39 is 6.10 Å². The SMILES string of the molecule is CCCCC/C=C\C/C=C\CCCCCCCCCC(=O)OC[C@H](COC(=O)CCCCCCCCC/C=C\CCCCCCCC)OC(=O)CCCCCCC/C=C\CCCCCCCC. The van der Waals surface area contributed by atoms with Crippen LogP contribution in [0.25, 0.3) is 0 Å². The number of unbranched alkanes of at least 4 members (excludes halogenated alkanes) is 34. The van der Waals surface area contributed by atoms with Gasteiger partial charge in [0.2, 0.25) is 0 Å². The highest BCUT2D eigenvalue weighted by Crippen LogP contribution is 2.15. The maximum Gasteiger partial charge on any atom is 0.306 e. The molecule has 0 radical (unpaired) electrons. The highest BCUT2D eigenvalue weighted by atomic mass is 16.6. The van der Waals surface area contributed by atoms with Gasteiger partial charge in [0, 0.05) is 19.3 Å². The smallest absolute Gasteiger partial charge is 0.306 e. The van der Waals surface area contributed by atoms with Crippen LogP contribution in [0.4, 0.5) is 0 Å². The van der Waals surface area contributed by atoms with Gasteiger partial charge in [-0.05, 0) is 103 Å². The third-order valence-electron chi connectivity index (χ3n) is 12.8. The van der Waals surface area contributed by atoms with Gasteiger partial charge in [-0.25, -0.2) is 0 Å². The number of rotatable bonds is 53. The highest BCUT2D eigenvalue weighted by Gasteiger charge is 2.19. The van der Waals surface area contributed by atoms with E-state index >= 15 is 0 Å². The Morgan fingerprint density at radius 1 is 0.299 bits per heavy atom. The summed E-state index contributed by atoms with van der Waals surface area (Å²) >= 11 is 0. The van der Waals surface area contributed by atoms with Crippen LogP contribution in [-0.2, 0) is 28.6 Å². The molecule has 0 aliphatic heterocycles. The van der Waals surface area contributed by atoms with Crippen LogP contribution in [0, 0.1) is 0 Å². The second-order valence-electron chi connectivity index (χ2n) is 19.5. The maximum absolute atomic E-state index is 12.8. The van der Waals surface area contributed by atoms with Crippen LogP contribution in [0.5, 0.6) is 0 Å². The van der Waals surface area contributed by atoms with Gasteiger partial charge >= 0.3 is 17.9 Å². The van der Waals surface area contributed by atoms with Gasteiger partial charge in [0.15, 0.2) is 6.10 Å². The summed E-state index contributed by atoms with van der Waals surface area (Å²) in [6.07, 6.45) is 68.1. The predicted molar refractivity (Wildman–Crippen MR) is 289 cm³/mol. The average Bonchev–Trinajstić information content (AvgIpc) is 3.33. The van der Waals surface area contributed by atoms with Crippen molar-refractivity contribution in [1.29, 1.82) is 0 Å². The van der Waals surface area contributed by atoms with Crippen LogP contribution in [-0.4, -0.2) is 37.2 Å². The molecule has 0 N–H and O–H groups in total. The second kappa shape index (κ2) is 56.0. The van der Waals surface area contributed by atoms with E-state index in [1.807, 2.05) is 0 Å². The lowest BCUT2D eigenvalue weighted by Gasteiger charge is -2.18. The molecule has 0 heterocycles. The van der Waals surface area contributed by atoms with E-state index in [9.17, 15) is 14.4 Å². The van der Waals surface area contributed by atoms with Gasteiger partial charge in [-0.15, -0.1) is 0 Å². The third kappa shape index (κ3) is 54.2. The first-order valence-corrected chi connectivity index (χ1v) is 29.1. The monoisotopic (exact) mass is 939 g/mol. The van der Waals surface area contributed by atoms with Crippen LogP contribution >= 0.6 is 0 Å². The zero-order valence-corrected chi connectivity index (χ0v) is 44.7. The lowest BCUT2D eigenvalue weighted by atomic mass is 10.1. The number of esters is 3. The summed E-state index contributed by atoms with van der Waals surface area (Å²) < 4.78 is 16.9. The van der Waals surface area contributed by atoms with Crippen molar-refractivity contribution in [3.05, 3.63) is 48.6 Å². The van der Waals surface area contributed by atoms with E-state index in [1.165, 1.54) is 180 Å². The molecule has 6 nitrogen and oxygen atoms in total. The molecule has 6 heteroatoms. The summed E-state index contributed by atoms with van der Waals surface area (Å²) in [5.74, 6) is -0.887. The summed E-state index contributed by atoms with van der Waals surface area (Å²) in [6.45, 7) is 6.62. The molecule has 0 fully saturated rings. The molecule has 0 saturated carbocycles. The molecule has 0 bridgehead atoms. The molecular weight excluding hydrogens is 829 g/mol. The van der Waals surface area contributed by atoms with Gasteiger partial charge < -0.3 is 14.2 Å². The topological polar surface area (TPSA) is 78.9 Å². The largest absolute Gasteiger partial charge is 0.462 e. The molecule has 0 amide bonds. The Kier molecular flexibility index (Phi) is 53.8. The number of hydrogen-bond acceptors (Lipinski definition) is 6. The van der Waals surface area contributed by atoms with Gasteiger partial charge in [0.25, 0.3) is 0 Å². The van der Waals surface area contributed by atoms with Crippen molar-refractivity contribution < 1.29 is 28.6 Å². The number of carbonyl (C=O) groups excluding carboxylic acids is 3. The molecule has 390 valence electrons. The standard InChI is InChI=1S/C61H110O6/c1-4-7-10-13-16-19-22-25-28-30-33-35-38-41-44-47-50-53-59(62)65-56-58(67-61(64)55-52-49-46-43-40-37-32-27-24-21-18-15-12-9-6-3)57-66-60(63)54-51-48-45-42-39-36-34-31-29-26-23-20-17-14-11-8-5-2/h16,19,25-29,32,58H,4-15,17-18,20-24,30-31,33-57H2,1-3H3/b19-16-,28-25-,29-26-,32-27-/t58-/m1/s1. The van der Waals surface area contributed by atoms with Crippen molar-refractivity contribution in [1.82, 2.24) is 0 Å². The van der Waals surface area contributed by atoms with Crippen LogP contribution in [0.1, 0.15) is 303 Å². The molecule has 0 aromatic carbocycles. The first-order valence-electron chi connectivity index (χ1n) is 29.1. The lowest BCUT2D eigenvalue weighted by molar-refractivity contribution is -0.167. The first kappa shape index (κ1) is 64.4. The fourth-order valence-corrected chi connectivity index (χ4v) is 8.35. The van der Waals surface area contributed by atoms with E-state index in [0.717, 1.165) is 83.5 Å². The van der Waals surface area contributed by atoms with Crippen LogP contribution in [0.2, 0.25) is 0 Å². The molecule has 0 aromatic rings. The van der Waals surface area contributed by atoms with Gasteiger partial charge in [0.1, 0.15) is 13.2 Å². The minimum atomic E-state index is -0.782. The minimum Gasteiger partial charge on any atom is -0.462 e. The molecule has 0 spiro atoms. The fourth-order valence-electron chi connectivity index (χ4n) is 8.35. The van der Waals surface area contributed by atoms with Crippen molar-refractivity contribution in [3.63, 3.8) is 0 Å². The van der Waals surface area contributed by atoms with Crippen molar-refractivity contribution >= 4 is 17.9 Å². The van der Waals surface area contributed by atoms with Gasteiger partial charge in [-0.1, -0.05) is 230 Å².